The molecule has 1 aliphatic rings. The molecular formula is C12H19ClN2O2S2. The van der Waals surface area contributed by atoms with Gasteiger partial charge in [0.05, 0.1) is 5.69 Å². The number of hydrogen-bond acceptors (Lipinski definition) is 4. The average molecular weight is 323 g/mol. The minimum atomic E-state index is -3.42. The number of aromatic nitrogens is 1. The lowest BCUT2D eigenvalue weighted by Gasteiger charge is -2.19. The number of rotatable bonds is 3. The molecule has 0 spiro atoms. The van der Waals surface area contributed by atoms with Gasteiger partial charge in [-0.2, -0.15) is 4.31 Å². The lowest BCUT2D eigenvalue weighted by molar-refractivity contribution is 0.408. The Hall–Kier alpha value is -0.170. The van der Waals surface area contributed by atoms with E-state index in [-0.39, 0.29) is 4.47 Å². The topological polar surface area (TPSA) is 50.3 Å². The van der Waals surface area contributed by atoms with E-state index in [9.17, 15) is 8.42 Å². The van der Waals surface area contributed by atoms with Crippen LogP contribution in [0.5, 0.6) is 0 Å². The second-order valence-electron chi connectivity index (χ2n) is 4.95. The number of nitrogens with zero attached hydrogens (tertiary/aromatic N) is 2. The third-order valence-corrected chi connectivity index (χ3v) is 7.43. The van der Waals surface area contributed by atoms with Crippen LogP contribution in [-0.4, -0.2) is 30.8 Å². The lowest BCUT2D eigenvalue weighted by Crippen LogP contribution is -2.32. The van der Waals surface area contributed by atoms with Gasteiger partial charge in [-0.15, -0.1) is 0 Å². The van der Waals surface area contributed by atoms with Gasteiger partial charge in [0, 0.05) is 13.1 Å². The fourth-order valence-corrected chi connectivity index (χ4v) is 5.86. The standard InChI is InChI=1S/C12H19ClN2O2S2/c1-3-10-5-4-7-15(8-6-10)19(16,17)11-9(2)14-12(13)18-11/h10H,3-8H2,1-2H3. The van der Waals surface area contributed by atoms with Crippen molar-refractivity contribution in [2.45, 2.75) is 43.7 Å². The van der Waals surface area contributed by atoms with Crippen LogP contribution in [0.3, 0.4) is 0 Å². The molecule has 1 aromatic rings. The Kier molecular flexibility index (Phi) is 4.87. The normalized spacial score (nSPS) is 22.4. The van der Waals surface area contributed by atoms with Crippen molar-refractivity contribution < 1.29 is 8.42 Å². The molecule has 0 saturated carbocycles. The van der Waals surface area contributed by atoms with Gasteiger partial charge >= 0.3 is 0 Å². The summed E-state index contributed by atoms with van der Waals surface area (Å²) in [6.45, 7) is 5.08. The van der Waals surface area contributed by atoms with E-state index in [1.165, 1.54) is 0 Å². The predicted molar refractivity (Wildman–Crippen MR) is 78.3 cm³/mol. The third-order valence-electron chi connectivity index (χ3n) is 3.69. The molecule has 2 heterocycles. The molecule has 0 N–H and O–H groups in total. The van der Waals surface area contributed by atoms with Gasteiger partial charge in [0.2, 0.25) is 0 Å². The summed E-state index contributed by atoms with van der Waals surface area (Å²) in [6, 6.07) is 0. The zero-order valence-corrected chi connectivity index (χ0v) is 13.6. The first kappa shape index (κ1) is 15.2. The van der Waals surface area contributed by atoms with Crippen molar-refractivity contribution in [3.05, 3.63) is 10.2 Å². The zero-order chi connectivity index (χ0) is 14.0. The number of thiazole rings is 1. The second kappa shape index (κ2) is 6.08. The van der Waals surface area contributed by atoms with Gasteiger partial charge in [-0.25, -0.2) is 13.4 Å². The summed E-state index contributed by atoms with van der Waals surface area (Å²) in [5.74, 6) is 0.645. The molecule has 0 aliphatic carbocycles. The van der Waals surface area contributed by atoms with Crippen molar-refractivity contribution in [2.75, 3.05) is 13.1 Å². The molecule has 1 atom stereocenters. The summed E-state index contributed by atoms with van der Waals surface area (Å²) in [5, 5.41) is 0. The van der Waals surface area contributed by atoms with Crippen LogP contribution < -0.4 is 0 Å². The molecule has 1 saturated heterocycles. The summed E-state index contributed by atoms with van der Waals surface area (Å²) in [7, 11) is -3.42. The first-order valence-corrected chi connectivity index (χ1v) is 9.21. The Morgan fingerprint density at radius 1 is 1.42 bits per heavy atom. The molecule has 0 bridgehead atoms. The first-order chi connectivity index (χ1) is 8.95. The van der Waals surface area contributed by atoms with E-state index >= 15 is 0 Å². The van der Waals surface area contributed by atoms with E-state index in [0.717, 1.165) is 37.0 Å². The Bertz CT molecular complexity index is 542. The van der Waals surface area contributed by atoms with E-state index in [1.54, 1.807) is 11.2 Å². The van der Waals surface area contributed by atoms with Crippen LogP contribution in [0.4, 0.5) is 0 Å². The van der Waals surface area contributed by atoms with Crippen LogP contribution in [0.15, 0.2) is 4.21 Å². The second-order valence-corrected chi connectivity index (χ2v) is 8.66. The monoisotopic (exact) mass is 322 g/mol. The molecule has 1 aliphatic heterocycles. The fourth-order valence-electron chi connectivity index (χ4n) is 2.49. The van der Waals surface area contributed by atoms with E-state index < -0.39 is 10.0 Å². The summed E-state index contributed by atoms with van der Waals surface area (Å²) in [5.41, 5.74) is 0.506. The zero-order valence-electron chi connectivity index (χ0n) is 11.2. The van der Waals surface area contributed by atoms with Crippen LogP contribution in [0.2, 0.25) is 4.47 Å². The van der Waals surface area contributed by atoms with Gasteiger partial charge in [0.25, 0.3) is 10.0 Å². The number of halogens is 1. The van der Waals surface area contributed by atoms with Crippen molar-refractivity contribution in [2.24, 2.45) is 5.92 Å². The molecular weight excluding hydrogens is 304 g/mol. The van der Waals surface area contributed by atoms with Gasteiger partial charge in [-0.05, 0) is 32.1 Å². The fraction of sp³-hybridized carbons (Fsp3) is 0.750. The maximum absolute atomic E-state index is 12.6. The van der Waals surface area contributed by atoms with E-state index in [2.05, 4.69) is 11.9 Å². The number of hydrogen-bond donors (Lipinski definition) is 0. The molecule has 0 amide bonds. The minimum Gasteiger partial charge on any atom is -0.229 e. The highest BCUT2D eigenvalue weighted by Crippen LogP contribution is 2.31. The highest BCUT2D eigenvalue weighted by molar-refractivity contribution is 7.91. The smallest absolute Gasteiger partial charge is 0.229 e. The van der Waals surface area contributed by atoms with Crippen LogP contribution in [0.25, 0.3) is 0 Å². The van der Waals surface area contributed by atoms with Crippen molar-refractivity contribution in [1.29, 1.82) is 0 Å². The predicted octanol–water partition coefficient (Wildman–Crippen LogP) is 3.31. The maximum atomic E-state index is 12.6. The molecule has 0 radical (unpaired) electrons. The molecule has 19 heavy (non-hydrogen) atoms. The van der Waals surface area contributed by atoms with Crippen LogP contribution in [0.1, 0.15) is 38.3 Å². The summed E-state index contributed by atoms with van der Waals surface area (Å²) in [4.78, 5) is 4.00. The molecule has 1 aromatic heterocycles. The van der Waals surface area contributed by atoms with Gasteiger partial charge in [-0.1, -0.05) is 36.3 Å². The Balaban J connectivity index is 2.22. The molecule has 0 aromatic carbocycles. The highest BCUT2D eigenvalue weighted by Gasteiger charge is 2.30. The van der Waals surface area contributed by atoms with E-state index in [1.807, 2.05) is 0 Å². The number of sulfonamides is 1. The van der Waals surface area contributed by atoms with Gasteiger partial charge < -0.3 is 0 Å². The van der Waals surface area contributed by atoms with Crippen molar-refractivity contribution >= 4 is 33.0 Å². The third kappa shape index (κ3) is 3.29. The van der Waals surface area contributed by atoms with E-state index in [0.29, 0.717) is 28.9 Å². The summed E-state index contributed by atoms with van der Waals surface area (Å²) in [6.07, 6.45) is 4.12. The van der Waals surface area contributed by atoms with Gasteiger partial charge in [0.1, 0.15) is 0 Å². The molecule has 1 unspecified atom stereocenters. The van der Waals surface area contributed by atoms with Crippen molar-refractivity contribution in [3.63, 3.8) is 0 Å². The van der Waals surface area contributed by atoms with Crippen LogP contribution in [0, 0.1) is 12.8 Å². The molecule has 108 valence electrons. The molecule has 2 rings (SSSR count). The molecule has 4 nitrogen and oxygen atoms in total. The summed E-state index contributed by atoms with van der Waals surface area (Å²) < 4.78 is 27.4. The number of aryl methyl sites for hydroxylation is 1. The largest absolute Gasteiger partial charge is 0.254 e. The molecule has 1 fully saturated rings. The molecule has 7 heteroatoms. The summed E-state index contributed by atoms with van der Waals surface area (Å²) >= 11 is 6.87. The quantitative estimate of drug-likeness (QED) is 0.858. The van der Waals surface area contributed by atoms with E-state index in [4.69, 9.17) is 11.6 Å². The first-order valence-electron chi connectivity index (χ1n) is 6.58. The van der Waals surface area contributed by atoms with Crippen molar-refractivity contribution in [1.82, 2.24) is 9.29 Å². The van der Waals surface area contributed by atoms with Crippen molar-refractivity contribution in [3.8, 4) is 0 Å². The van der Waals surface area contributed by atoms with Gasteiger partial charge in [0.15, 0.2) is 8.68 Å². The van der Waals surface area contributed by atoms with Gasteiger partial charge in [-0.3, -0.25) is 0 Å². The maximum Gasteiger partial charge on any atom is 0.254 e. The minimum absolute atomic E-state index is 0.289. The lowest BCUT2D eigenvalue weighted by atomic mass is 9.98. The Labute approximate surface area is 123 Å². The van der Waals surface area contributed by atoms with Crippen LogP contribution in [-0.2, 0) is 10.0 Å². The SMILES string of the molecule is CCC1CCCN(S(=O)(=O)c2sc(Cl)nc2C)CC1. The Morgan fingerprint density at radius 3 is 2.74 bits per heavy atom. The Morgan fingerprint density at radius 2 is 2.16 bits per heavy atom. The average Bonchev–Trinajstić information content (AvgIpc) is 2.59. The van der Waals surface area contributed by atoms with Crippen LogP contribution >= 0.6 is 22.9 Å². The highest BCUT2D eigenvalue weighted by atomic mass is 35.5.